The first-order valence-electron chi connectivity index (χ1n) is 6.82. The van der Waals surface area contributed by atoms with Gasteiger partial charge in [0.1, 0.15) is 0 Å². The predicted octanol–water partition coefficient (Wildman–Crippen LogP) is 3.64. The Morgan fingerprint density at radius 1 is 1.18 bits per heavy atom. The van der Waals surface area contributed by atoms with Crippen LogP contribution < -0.4 is 5.32 Å². The smallest absolute Gasteiger partial charge is 0.0136 e. The van der Waals surface area contributed by atoms with E-state index in [4.69, 9.17) is 0 Å². The summed E-state index contributed by atoms with van der Waals surface area (Å²) in [7, 11) is 0. The summed E-state index contributed by atoms with van der Waals surface area (Å²) in [4.78, 5) is 0. The van der Waals surface area contributed by atoms with Crippen molar-refractivity contribution in [1.29, 1.82) is 0 Å². The lowest BCUT2D eigenvalue weighted by Gasteiger charge is -2.27. The van der Waals surface area contributed by atoms with Crippen molar-refractivity contribution < 1.29 is 0 Å². The highest BCUT2D eigenvalue weighted by molar-refractivity contribution is 5.16. The molecule has 1 heterocycles. The van der Waals surface area contributed by atoms with Gasteiger partial charge in [0, 0.05) is 6.04 Å². The van der Waals surface area contributed by atoms with Crippen LogP contribution in [-0.4, -0.2) is 12.6 Å². The van der Waals surface area contributed by atoms with Crippen molar-refractivity contribution >= 4 is 0 Å². The minimum absolute atomic E-state index is 0.450. The van der Waals surface area contributed by atoms with Gasteiger partial charge >= 0.3 is 0 Å². The van der Waals surface area contributed by atoms with Crippen LogP contribution in [0.3, 0.4) is 0 Å². The molecule has 0 aromatic heterocycles. The lowest BCUT2D eigenvalue weighted by molar-refractivity contribution is 0.273. The molecule has 0 saturated carbocycles. The van der Waals surface area contributed by atoms with Crippen LogP contribution in [0.1, 0.15) is 39.2 Å². The summed E-state index contributed by atoms with van der Waals surface area (Å²) in [6.45, 7) is 8.25. The monoisotopic (exact) mass is 231 g/mol. The highest BCUT2D eigenvalue weighted by Crippen LogP contribution is 2.31. The van der Waals surface area contributed by atoms with Crippen LogP contribution >= 0.6 is 0 Å². The fourth-order valence-electron chi connectivity index (χ4n) is 2.96. The molecule has 1 aromatic rings. The molecule has 1 N–H and O–H groups in total. The lowest BCUT2D eigenvalue weighted by Crippen LogP contribution is -2.31. The fourth-order valence-corrected chi connectivity index (χ4v) is 2.96. The first-order valence-corrected chi connectivity index (χ1v) is 6.82. The summed E-state index contributed by atoms with van der Waals surface area (Å²) in [6.07, 6.45) is 3.86. The van der Waals surface area contributed by atoms with Crippen molar-refractivity contribution in [3.63, 3.8) is 0 Å². The van der Waals surface area contributed by atoms with Gasteiger partial charge in [-0.25, -0.2) is 0 Å². The highest BCUT2D eigenvalue weighted by atomic mass is 14.9. The van der Waals surface area contributed by atoms with Crippen molar-refractivity contribution in [2.45, 2.75) is 46.1 Å². The molecular weight excluding hydrogens is 206 g/mol. The molecule has 94 valence electrons. The Bertz CT molecular complexity index is 336. The Balaban J connectivity index is 1.96. The Kier molecular flexibility index (Phi) is 3.88. The fraction of sp³-hybridized carbons (Fsp3) is 0.625. The molecule has 0 bridgehead atoms. The maximum absolute atomic E-state index is 3.68. The van der Waals surface area contributed by atoms with Gasteiger partial charge in [0.15, 0.2) is 0 Å². The number of hydrogen-bond donors (Lipinski definition) is 1. The maximum atomic E-state index is 3.68. The average molecular weight is 231 g/mol. The van der Waals surface area contributed by atoms with E-state index in [9.17, 15) is 0 Å². The van der Waals surface area contributed by atoms with E-state index >= 15 is 0 Å². The molecule has 0 amide bonds. The topological polar surface area (TPSA) is 12.0 Å². The van der Waals surface area contributed by atoms with Gasteiger partial charge in [-0.2, -0.15) is 0 Å². The molecule has 1 fully saturated rings. The Morgan fingerprint density at radius 2 is 1.88 bits per heavy atom. The third kappa shape index (κ3) is 3.85. The van der Waals surface area contributed by atoms with E-state index in [1.54, 1.807) is 0 Å². The molecule has 1 aliphatic rings. The average Bonchev–Trinajstić information content (AvgIpc) is 2.65. The molecule has 17 heavy (non-hydrogen) atoms. The van der Waals surface area contributed by atoms with Crippen LogP contribution in [0.25, 0.3) is 0 Å². The van der Waals surface area contributed by atoms with Crippen LogP contribution in [0.5, 0.6) is 0 Å². The molecule has 2 atom stereocenters. The van der Waals surface area contributed by atoms with E-state index in [0.717, 1.165) is 5.92 Å². The highest BCUT2D eigenvalue weighted by Gasteiger charge is 2.30. The second-order valence-corrected chi connectivity index (χ2v) is 6.56. The normalized spacial score (nSPS) is 25.1. The van der Waals surface area contributed by atoms with Crippen LogP contribution in [0.2, 0.25) is 0 Å². The summed E-state index contributed by atoms with van der Waals surface area (Å²) in [5.74, 6) is 0.843. The van der Waals surface area contributed by atoms with Crippen molar-refractivity contribution in [2.75, 3.05) is 6.54 Å². The van der Waals surface area contributed by atoms with Crippen LogP contribution in [-0.2, 0) is 6.42 Å². The molecule has 2 unspecified atom stereocenters. The van der Waals surface area contributed by atoms with Crippen LogP contribution in [0.15, 0.2) is 30.3 Å². The van der Waals surface area contributed by atoms with Crippen LogP contribution in [0, 0.1) is 11.3 Å². The predicted molar refractivity (Wildman–Crippen MR) is 74.1 cm³/mol. The quantitative estimate of drug-likeness (QED) is 0.837. The zero-order valence-corrected chi connectivity index (χ0v) is 11.4. The molecule has 1 aromatic carbocycles. The zero-order valence-electron chi connectivity index (χ0n) is 11.4. The van der Waals surface area contributed by atoms with E-state index in [2.05, 4.69) is 56.4 Å². The molecular formula is C16H25N. The standard InChI is InChI=1S/C16H25N/c1-16(2,3)12-14-9-10-17-15(14)11-13-7-5-4-6-8-13/h4-8,14-15,17H,9-12H2,1-3H3. The Morgan fingerprint density at radius 3 is 2.53 bits per heavy atom. The van der Waals surface area contributed by atoms with Crippen molar-refractivity contribution in [2.24, 2.45) is 11.3 Å². The molecule has 0 spiro atoms. The Labute approximate surface area is 106 Å². The van der Waals surface area contributed by atoms with Gasteiger partial charge in [-0.1, -0.05) is 51.1 Å². The van der Waals surface area contributed by atoms with Crippen molar-refractivity contribution in [1.82, 2.24) is 5.32 Å². The SMILES string of the molecule is CC(C)(C)CC1CCNC1Cc1ccccc1. The number of rotatable bonds is 3. The van der Waals surface area contributed by atoms with Gasteiger partial charge in [0.05, 0.1) is 0 Å². The molecule has 2 rings (SSSR count). The summed E-state index contributed by atoms with van der Waals surface area (Å²) in [6, 6.07) is 11.5. The van der Waals surface area contributed by atoms with Gasteiger partial charge in [-0.05, 0) is 42.7 Å². The van der Waals surface area contributed by atoms with Gasteiger partial charge in [0.2, 0.25) is 0 Å². The van der Waals surface area contributed by atoms with Gasteiger partial charge in [-0.15, -0.1) is 0 Å². The number of hydrogen-bond acceptors (Lipinski definition) is 1. The van der Waals surface area contributed by atoms with Gasteiger partial charge < -0.3 is 5.32 Å². The maximum Gasteiger partial charge on any atom is 0.0136 e. The third-order valence-electron chi connectivity index (χ3n) is 3.66. The lowest BCUT2D eigenvalue weighted by atomic mass is 9.80. The van der Waals surface area contributed by atoms with Crippen molar-refractivity contribution in [3.05, 3.63) is 35.9 Å². The first-order chi connectivity index (χ1) is 8.04. The molecule has 1 aliphatic heterocycles. The second-order valence-electron chi connectivity index (χ2n) is 6.56. The molecule has 1 saturated heterocycles. The van der Waals surface area contributed by atoms with E-state index in [0.29, 0.717) is 11.5 Å². The molecule has 0 aliphatic carbocycles. The number of nitrogens with one attached hydrogen (secondary N) is 1. The molecule has 1 nitrogen and oxygen atoms in total. The third-order valence-corrected chi connectivity index (χ3v) is 3.66. The second kappa shape index (κ2) is 5.22. The molecule has 1 heteroatoms. The summed E-state index contributed by atoms with van der Waals surface area (Å²) < 4.78 is 0. The zero-order chi connectivity index (χ0) is 12.3. The van der Waals surface area contributed by atoms with E-state index in [1.165, 1.54) is 31.4 Å². The largest absolute Gasteiger partial charge is 0.313 e. The summed E-state index contributed by atoms with van der Waals surface area (Å²) in [5, 5.41) is 3.68. The van der Waals surface area contributed by atoms with Crippen molar-refractivity contribution in [3.8, 4) is 0 Å². The van der Waals surface area contributed by atoms with E-state index in [1.807, 2.05) is 0 Å². The minimum atomic E-state index is 0.450. The minimum Gasteiger partial charge on any atom is -0.313 e. The number of benzene rings is 1. The van der Waals surface area contributed by atoms with Crippen LogP contribution in [0.4, 0.5) is 0 Å². The van der Waals surface area contributed by atoms with Gasteiger partial charge in [0.25, 0.3) is 0 Å². The molecule has 0 radical (unpaired) electrons. The van der Waals surface area contributed by atoms with E-state index < -0.39 is 0 Å². The summed E-state index contributed by atoms with van der Waals surface area (Å²) >= 11 is 0. The van der Waals surface area contributed by atoms with E-state index in [-0.39, 0.29) is 0 Å². The van der Waals surface area contributed by atoms with Gasteiger partial charge in [-0.3, -0.25) is 0 Å². The Hall–Kier alpha value is -0.820. The summed E-state index contributed by atoms with van der Waals surface area (Å²) in [5.41, 5.74) is 1.91. The first kappa shape index (κ1) is 12.6.